The zero-order chi connectivity index (χ0) is 15.4. The van der Waals surface area contributed by atoms with Gasteiger partial charge in [0, 0.05) is 12.4 Å². The van der Waals surface area contributed by atoms with Crippen LogP contribution >= 0.6 is 0 Å². The molecule has 2 N–H and O–H groups in total. The number of rotatable bonds is 5. The van der Waals surface area contributed by atoms with E-state index >= 15 is 0 Å². The minimum absolute atomic E-state index is 0.0269. The summed E-state index contributed by atoms with van der Waals surface area (Å²) in [5, 5.41) is 12.0. The minimum Gasteiger partial charge on any atom is -0.394 e. The van der Waals surface area contributed by atoms with Crippen molar-refractivity contribution in [3.8, 4) is 0 Å². The summed E-state index contributed by atoms with van der Waals surface area (Å²) in [5.74, 6) is -0.177. The van der Waals surface area contributed by atoms with Gasteiger partial charge in [-0.25, -0.2) is 4.98 Å². The van der Waals surface area contributed by atoms with Crippen LogP contribution in [0.15, 0.2) is 35.4 Å². The molecule has 6 heteroatoms. The van der Waals surface area contributed by atoms with Crippen LogP contribution in [0.25, 0.3) is 5.65 Å². The first-order chi connectivity index (χ1) is 10.0. The molecule has 1 unspecified atom stereocenters. The van der Waals surface area contributed by atoms with E-state index in [0.717, 1.165) is 0 Å². The molecular formula is C15H19N3O3. The molecule has 0 radical (unpaired) electrons. The molecule has 21 heavy (non-hydrogen) atoms. The first-order valence-electron chi connectivity index (χ1n) is 6.91. The van der Waals surface area contributed by atoms with Crippen LogP contribution in [0.4, 0.5) is 0 Å². The molecule has 1 atom stereocenters. The maximum Gasteiger partial charge on any atom is 0.270 e. The van der Waals surface area contributed by atoms with Gasteiger partial charge >= 0.3 is 0 Å². The maximum absolute atomic E-state index is 12.3. The van der Waals surface area contributed by atoms with Gasteiger partial charge in [-0.3, -0.25) is 14.0 Å². The molecule has 0 aliphatic heterocycles. The summed E-state index contributed by atoms with van der Waals surface area (Å²) in [7, 11) is 0. The molecule has 1 amide bonds. The lowest BCUT2D eigenvalue weighted by molar-refractivity contribution is 0.0906. The van der Waals surface area contributed by atoms with Crippen molar-refractivity contribution >= 4 is 11.6 Å². The van der Waals surface area contributed by atoms with E-state index in [9.17, 15) is 14.7 Å². The Bertz CT molecular complexity index is 694. The number of amides is 1. The second-order valence-corrected chi connectivity index (χ2v) is 5.39. The third kappa shape index (κ3) is 3.46. The average Bonchev–Trinajstić information content (AvgIpc) is 2.46. The fourth-order valence-corrected chi connectivity index (χ4v) is 2.19. The van der Waals surface area contributed by atoms with E-state index in [1.807, 2.05) is 13.8 Å². The van der Waals surface area contributed by atoms with Gasteiger partial charge in [0.05, 0.1) is 12.6 Å². The highest BCUT2D eigenvalue weighted by Gasteiger charge is 2.18. The molecule has 0 aromatic carbocycles. The average molecular weight is 289 g/mol. The second-order valence-electron chi connectivity index (χ2n) is 5.39. The molecule has 2 rings (SSSR count). The van der Waals surface area contributed by atoms with Crippen molar-refractivity contribution in [2.75, 3.05) is 6.61 Å². The predicted molar refractivity (Wildman–Crippen MR) is 79.3 cm³/mol. The molecule has 0 spiro atoms. The third-order valence-corrected chi connectivity index (χ3v) is 3.17. The number of hydrogen-bond donors (Lipinski definition) is 2. The third-order valence-electron chi connectivity index (χ3n) is 3.17. The summed E-state index contributed by atoms with van der Waals surface area (Å²) in [6, 6.07) is 4.80. The zero-order valence-corrected chi connectivity index (χ0v) is 12.1. The Morgan fingerprint density at radius 1 is 1.43 bits per heavy atom. The van der Waals surface area contributed by atoms with Crippen LogP contribution in [0.5, 0.6) is 0 Å². The molecule has 0 saturated heterocycles. The Balaban J connectivity index is 2.27. The van der Waals surface area contributed by atoms with Gasteiger partial charge in [0.25, 0.3) is 11.5 Å². The van der Waals surface area contributed by atoms with Crippen molar-refractivity contribution in [2.24, 2.45) is 5.92 Å². The highest BCUT2D eigenvalue weighted by Crippen LogP contribution is 2.05. The summed E-state index contributed by atoms with van der Waals surface area (Å²) in [6.07, 6.45) is 3.49. The van der Waals surface area contributed by atoms with Crippen molar-refractivity contribution in [3.05, 3.63) is 46.5 Å². The van der Waals surface area contributed by atoms with E-state index in [0.29, 0.717) is 18.0 Å². The van der Waals surface area contributed by atoms with Gasteiger partial charge in [-0.15, -0.1) is 0 Å². The number of hydrogen-bond acceptors (Lipinski definition) is 4. The molecule has 0 fully saturated rings. The van der Waals surface area contributed by atoms with Crippen molar-refractivity contribution < 1.29 is 9.90 Å². The van der Waals surface area contributed by atoms with E-state index in [1.165, 1.54) is 10.6 Å². The fourth-order valence-electron chi connectivity index (χ4n) is 2.19. The van der Waals surface area contributed by atoms with E-state index < -0.39 is 11.5 Å². The van der Waals surface area contributed by atoms with Crippen LogP contribution < -0.4 is 10.9 Å². The summed E-state index contributed by atoms with van der Waals surface area (Å²) in [4.78, 5) is 28.5. The quantitative estimate of drug-likeness (QED) is 0.854. The molecule has 0 aliphatic rings. The topological polar surface area (TPSA) is 83.7 Å². The highest BCUT2D eigenvalue weighted by atomic mass is 16.3. The number of aromatic nitrogens is 2. The number of aliphatic hydroxyl groups excluding tert-OH is 1. The molecule has 2 aromatic heterocycles. The summed E-state index contributed by atoms with van der Waals surface area (Å²) >= 11 is 0. The Labute approximate surface area is 122 Å². The number of nitrogens with one attached hydrogen (secondary N) is 1. The van der Waals surface area contributed by atoms with Gasteiger partial charge in [-0.2, -0.15) is 0 Å². The standard InChI is InChI=1S/C15H19N3O3/c1-10(2)7-11(9-19)17-14(20)12-8-16-13-5-3-4-6-18(13)15(12)21/h3-6,8,10-11,19H,7,9H2,1-2H3,(H,17,20). The molecule has 112 valence electrons. The van der Waals surface area contributed by atoms with Crippen LogP contribution in [0.3, 0.4) is 0 Å². The zero-order valence-electron chi connectivity index (χ0n) is 12.1. The number of carbonyl (C=O) groups is 1. The largest absolute Gasteiger partial charge is 0.394 e. The SMILES string of the molecule is CC(C)CC(CO)NC(=O)c1cnc2ccccn2c1=O. The first-order valence-corrected chi connectivity index (χ1v) is 6.91. The van der Waals surface area contributed by atoms with E-state index in [4.69, 9.17) is 0 Å². The van der Waals surface area contributed by atoms with E-state index in [1.54, 1.807) is 24.4 Å². The van der Waals surface area contributed by atoms with Crippen LogP contribution in [-0.2, 0) is 0 Å². The Morgan fingerprint density at radius 3 is 2.86 bits per heavy atom. The lowest BCUT2D eigenvalue weighted by Gasteiger charge is -2.18. The predicted octanol–water partition coefficient (Wildman–Crippen LogP) is 0.831. The van der Waals surface area contributed by atoms with Crippen molar-refractivity contribution in [2.45, 2.75) is 26.3 Å². The van der Waals surface area contributed by atoms with Gasteiger partial charge in [-0.1, -0.05) is 19.9 Å². The van der Waals surface area contributed by atoms with Crippen LogP contribution in [0.1, 0.15) is 30.6 Å². The number of pyridine rings is 1. The van der Waals surface area contributed by atoms with E-state index in [2.05, 4.69) is 10.3 Å². The molecule has 0 aliphatic carbocycles. The molecule has 2 heterocycles. The Kier molecular flexibility index (Phi) is 4.70. The summed E-state index contributed by atoms with van der Waals surface area (Å²) < 4.78 is 1.32. The van der Waals surface area contributed by atoms with Crippen LogP contribution in [0, 0.1) is 5.92 Å². The van der Waals surface area contributed by atoms with Gasteiger partial charge in [0.2, 0.25) is 0 Å². The highest BCUT2D eigenvalue weighted by molar-refractivity contribution is 5.93. The molecule has 2 aromatic rings. The normalized spacial score (nSPS) is 12.6. The lowest BCUT2D eigenvalue weighted by atomic mass is 10.0. The van der Waals surface area contributed by atoms with Crippen LogP contribution in [-0.4, -0.2) is 33.0 Å². The van der Waals surface area contributed by atoms with Crippen LogP contribution in [0.2, 0.25) is 0 Å². The molecule has 0 bridgehead atoms. The maximum atomic E-state index is 12.3. The number of carbonyl (C=O) groups excluding carboxylic acids is 1. The minimum atomic E-state index is -0.509. The number of nitrogens with zero attached hydrogens (tertiary/aromatic N) is 2. The lowest BCUT2D eigenvalue weighted by Crippen LogP contribution is -2.41. The van der Waals surface area contributed by atoms with Gasteiger partial charge in [0.1, 0.15) is 11.2 Å². The Morgan fingerprint density at radius 2 is 2.19 bits per heavy atom. The molecule has 6 nitrogen and oxygen atoms in total. The van der Waals surface area contributed by atoms with Crippen molar-refractivity contribution in [1.29, 1.82) is 0 Å². The smallest absolute Gasteiger partial charge is 0.270 e. The van der Waals surface area contributed by atoms with Gasteiger partial charge in [-0.05, 0) is 24.5 Å². The number of aliphatic hydroxyl groups is 1. The van der Waals surface area contributed by atoms with E-state index in [-0.39, 0.29) is 18.2 Å². The summed E-state index contributed by atoms with van der Waals surface area (Å²) in [5.41, 5.74) is 0.0418. The fraction of sp³-hybridized carbons (Fsp3) is 0.400. The first kappa shape index (κ1) is 15.2. The molecular weight excluding hydrogens is 270 g/mol. The monoisotopic (exact) mass is 289 g/mol. The van der Waals surface area contributed by atoms with Gasteiger partial charge in [0.15, 0.2) is 0 Å². The molecule has 0 saturated carbocycles. The van der Waals surface area contributed by atoms with Gasteiger partial charge < -0.3 is 10.4 Å². The number of fused-ring (bicyclic) bond motifs is 1. The Hall–Kier alpha value is -2.21. The van der Waals surface area contributed by atoms with Crippen molar-refractivity contribution in [3.63, 3.8) is 0 Å². The second kappa shape index (κ2) is 6.49. The van der Waals surface area contributed by atoms with Crippen molar-refractivity contribution in [1.82, 2.24) is 14.7 Å². The summed E-state index contributed by atoms with van der Waals surface area (Å²) in [6.45, 7) is 3.84.